The van der Waals surface area contributed by atoms with E-state index < -0.39 is 8.07 Å². The molecule has 1 saturated heterocycles. The molecule has 2 aliphatic heterocycles. The van der Waals surface area contributed by atoms with E-state index in [1.165, 1.54) is 23.5 Å². The summed E-state index contributed by atoms with van der Waals surface area (Å²) in [6.07, 6.45) is 3.64. The maximum absolute atomic E-state index is 6.14. The molecule has 0 spiro atoms. The third-order valence-corrected chi connectivity index (χ3v) is 8.05. The molecule has 2 aromatic carbocycles. The van der Waals surface area contributed by atoms with E-state index in [1.807, 2.05) is 0 Å². The molecule has 0 amide bonds. The van der Waals surface area contributed by atoms with Crippen LogP contribution in [0.5, 0.6) is 0 Å². The molecule has 4 heteroatoms. The molecular formula is C23H29N2OP. The van der Waals surface area contributed by atoms with Gasteiger partial charge in [0.2, 0.25) is 5.90 Å². The Morgan fingerprint density at radius 1 is 0.963 bits per heavy atom. The highest BCUT2D eigenvalue weighted by atomic mass is 31.1. The van der Waals surface area contributed by atoms with Gasteiger partial charge in [0.1, 0.15) is 6.61 Å². The van der Waals surface area contributed by atoms with Crippen molar-refractivity contribution >= 4 is 24.6 Å². The zero-order valence-electron chi connectivity index (χ0n) is 16.3. The Labute approximate surface area is 164 Å². The minimum atomic E-state index is -0.582. The normalized spacial score (nSPS) is 23.5. The fourth-order valence-corrected chi connectivity index (χ4v) is 6.56. The summed E-state index contributed by atoms with van der Waals surface area (Å²) in [4.78, 5) is 4.99. The summed E-state index contributed by atoms with van der Waals surface area (Å²) < 4.78 is 8.82. The Morgan fingerprint density at radius 3 is 2.15 bits per heavy atom. The van der Waals surface area contributed by atoms with E-state index in [9.17, 15) is 0 Å². The molecule has 142 valence electrons. The van der Waals surface area contributed by atoms with E-state index in [1.54, 1.807) is 0 Å². The van der Waals surface area contributed by atoms with E-state index >= 15 is 0 Å². The molecule has 1 fully saturated rings. The average molecular weight is 380 g/mol. The predicted molar refractivity (Wildman–Crippen MR) is 115 cm³/mol. The minimum absolute atomic E-state index is 0.300. The minimum Gasteiger partial charge on any atom is -0.478 e. The zero-order valence-corrected chi connectivity index (χ0v) is 17.2. The monoisotopic (exact) mass is 380 g/mol. The number of piperidine rings is 1. The molecule has 2 unspecified atom stereocenters. The maximum atomic E-state index is 6.14. The molecule has 2 aromatic rings. The smallest absolute Gasteiger partial charge is 0.201 e. The number of aliphatic imine (C=N–C) groups is 1. The van der Waals surface area contributed by atoms with Gasteiger partial charge < -0.3 is 4.74 Å². The topological polar surface area (TPSA) is 24.8 Å². The Bertz CT molecular complexity index is 723. The summed E-state index contributed by atoms with van der Waals surface area (Å²) in [7, 11) is -0.582. The van der Waals surface area contributed by atoms with Gasteiger partial charge in [-0.1, -0.05) is 80.9 Å². The molecule has 3 nitrogen and oxygen atoms in total. The number of hydrogen-bond donors (Lipinski definition) is 0. The number of benzene rings is 2. The van der Waals surface area contributed by atoms with Crippen LogP contribution in [0.25, 0.3) is 0 Å². The van der Waals surface area contributed by atoms with Gasteiger partial charge in [-0.2, -0.15) is 0 Å². The lowest BCUT2D eigenvalue weighted by Gasteiger charge is -2.40. The summed E-state index contributed by atoms with van der Waals surface area (Å²) in [5, 5.41) is 2.81. The van der Waals surface area contributed by atoms with Crippen LogP contribution in [0.15, 0.2) is 65.7 Å². The second kappa shape index (κ2) is 8.54. The van der Waals surface area contributed by atoms with Crippen molar-refractivity contribution in [2.45, 2.75) is 45.2 Å². The third-order valence-electron chi connectivity index (χ3n) is 5.48. The van der Waals surface area contributed by atoms with Crippen molar-refractivity contribution in [1.82, 2.24) is 4.67 Å². The second-order valence-electron chi connectivity index (χ2n) is 7.75. The quantitative estimate of drug-likeness (QED) is 0.721. The molecule has 4 rings (SSSR count). The van der Waals surface area contributed by atoms with Gasteiger partial charge >= 0.3 is 0 Å². The molecular weight excluding hydrogens is 351 g/mol. The summed E-state index contributed by atoms with van der Waals surface area (Å²) in [5.41, 5.74) is 0. The molecule has 0 bridgehead atoms. The Morgan fingerprint density at radius 2 is 1.59 bits per heavy atom. The lowest BCUT2D eigenvalue weighted by molar-refractivity contribution is 0.245. The van der Waals surface area contributed by atoms with Crippen LogP contribution in [-0.2, 0) is 4.74 Å². The highest BCUT2D eigenvalue weighted by Gasteiger charge is 2.37. The summed E-state index contributed by atoms with van der Waals surface area (Å²) in [6, 6.07) is 22.6. The molecule has 2 heterocycles. The summed E-state index contributed by atoms with van der Waals surface area (Å²) in [6.45, 7) is 6.32. The number of hydrogen-bond acceptors (Lipinski definition) is 3. The molecule has 2 atom stereocenters. The van der Waals surface area contributed by atoms with Gasteiger partial charge in [-0.25, -0.2) is 4.99 Å². The van der Waals surface area contributed by atoms with Gasteiger partial charge in [-0.05, 0) is 29.4 Å². The van der Waals surface area contributed by atoms with Gasteiger partial charge in [0.15, 0.2) is 0 Å². The lowest BCUT2D eigenvalue weighted by Crippen LogP contribution is -2.45. The maximum Gasteiger partial charge on any atom is 0.201 e. The number of rotatable bonds is 5. The first-order chi connectivity index (χ1) is 13.2. The van der Waals surface area contributed by atoms with Crippen molar-refractivity contribution in [3.8, 4) is 0 Å². The van der Waals surface area contributed by atoms with Gasteiger partial charge in [0.05, 0.1) is 12.1 Å². The van der Waals surface area contributed by atoms with E-state index in [0.29, 0.717) is 18.0 Å². The van der Waals surface area contributed by atoms with Gasteiger partial charge in [-0.15, -0.1) is 0 Å². The van der Waals surface area contributed by atoms with Crippen LogP contribution in [0.1, 0.15) is 33.1 Å². The third kappa shape index (κ3) is 4.10. The summed E-state index contributed by atoms with van der Waals surface area (Å²) >= 11 is 0. The zero-order chi connectivity index (χ0) is 18.6. The van der Waals surface area contributed by atoms with Crippen LogP contribution < -0.4 is 10.6 Å². The van der Waals surface area contributed by atoms with E-state index in [-0.39, 0.29) is 0 Å². The molecule has 0 aromatic heterocycles. The lowest BCUT2D eigenvalue weighted by atomic mass is 10.0. The Kier molecular flexibility index (Phi) is 5.90. The number of nitrogens with zero attached hydrogens (tertiary/aromatic N) is 2. The van der Waals surface area contributed by atoms with E-state index in [2.05, 4.69) is 79.2 Å². The molecule has 27 heavy (non-hydrogen) atoms. The van der Waals surface area contributed by atoms with Crippen LogP contribution in [0.3, 0.4) is 0 Å². The number of ether oxygens (including phenoxy) is 1. The van der Waals surface area contributed by atoms with Crippen LogP contribution in [0, 0.1) is 5.92 Å². The van der Waals surface area contributed by atoms with E-state index in [0.717, 1.165) is 25.5 Å². The molecule has 0 saturated carbocycles. The van der Waals surface area contributed by atoms with Crippen molar-refractivity contribution in [3.05, 3.63) is 60.7 Å². The molecule has 0 radical (unpaired) electrons. The van der Waals surface area contributed by atoms with Crippen molar-refractivity contribution in [3.63, 3.8) is 0 Å². The van der Waals surface area contributed by atoms with Gasteiger partial charge in [0, 0.05) is 14.6 Å². The Hall–Kier alpha value is -1.70. The van der Waals surface area contributed by atoms with Crippen molar-refractivity contribution < 1.29 is 4.74 Å². The average Bonchev–Trinajstić information content (AvgIpc) is 3.21. The molecule has 0 aliphatic carbocycles. The first kappa shape index (κ1) is 18.7. The van der Waals surface area contributed by atoms with Crippen molar-refractivity contribution in [2.75, 3.05) is 13.2 Å². The molecule has 2 aliphatic rings. The van der Waals surface area contributed by atoms with Gasteiger partial charge in [-0.3, -0.25) is 4.67 Å². The summed E-state index contributed by atoms with van der Waals surface area (Å²) in [5.74, 6) is 1.51. The first-order valence-electron chi connectivity index (χ1n) is 10.1. The highest BCUT2D eigenvalue weighted by molar-refractivity contribution is 7.70. The van der Waals surface area contributed by atoms with Crippen molar-refractivity contribution in [2.24, 2.45) is 10.9 Å². The highest BCUT2D eigenvalue weighted by Crippen LogP contribution is 2.43. The van der Waals surface area contributed by atoms with Gasteiger partial charge in [0.25, 0.3) is 0 Å². The van der Waals surface area contributed by atoms with Crippen LogP contribution in [0.2, 0.25) is 0 Å². The fraction of sp³-hybridized carbons (Fsp3) is 0.435. The van der Waals surface area contributed by atoms with Crippen LogP contribution in [-0.4, -0.2) is 35.8 Å². The fourth-order valence-electron chi connectivity index (χ4n) is 3.92. The predicted octanol–water partition coefficient (Wildman–Crippen LogP) is 4.34. The molecule has 0 N–H and O–H groups in total. The second-order valence-corrected chi connectivity index (χ2v) is 9.92. The largest absolute Gasteiger partial charge is 0.478 e. The van der Waals surface area contributed by atoms with E-state index in [4.69, 9.17) is 9.73 Å². The van der Waals surface area contributed by atoms with Crippen LogP contribution in [0.4, 0.5) is 0 Å². The first-order valence-corrected chi connectivity index (χ1v) is 11.4. The SMILES string of the molecule is CC(C)C1COC(C2CCCCN2P(c2ccccc2)c2ccccc2)=N1. The van der Waals surface area contributed by atoms with Crippen LogP contribution >= 0.6 is 8.07 Å². The van der Waals surface area contributed by atoms with Crippen molar-refractivity contribution in [1.29, 1.82) is 0 Å². The standard InChI is InChI=1S/C23H29N2OP/c1-18(2)21-17-26-23(24-21)22-15-9-10-16-25(22)27(19-11-5-3-6-12-19)20-13-7-4-8-14-20/h3-8,11-14,18,21-22H,9-10,15-17H2,1-2H3. The Balaban J connectivity index is 1.70.